The van der Waals surface area contributed by atoms with Crippen molar-refractivity contribution in [1.29, 1.82) is 0 Å². The quantitative estimate of drug-likeness (QED) is 0.750. The van der Waals surface area contributed by atoms with Crippen LogP contribution in [0.2, 0.25) is 0 Å². The van der Waals surface area contributed by atoms with E-state index in [2.05, 4.69) is 0 Å². The molecule has 1 heterocycles. The summed E-state index contributed by atoms with van der Waals surface area (Å²) in [6.45, 7) is -0.295. The molecule has 0 aliphatic heterocycles. The van der Waals surface area contributed by atoms with Crippen molar-refractivity contribution in [3.63, 3.8) is 0 Å². The smallest absolute Gasteiger partial charge is 0.419 e. The number of pyridine rings is 1. The summed E-state index contributed by atoms with van der Waals surface area (Å²) in [5.74, 6) is 0. The number of aromatic nitrogens is 1. The highest BCUT2D eigenvalue weighted by Gasteiger charge is 2.11. The van der Waals surface area contributed by atoms with Gasteiger partial charge >= 0.3 is 6.09 Å². The Labute approximate surface area is 90.2 Å². The number of rotatable bonds is 1. The molecule has 0 bridgehead atoms. The van der Waals surface area contributed by atoms with Crippen LogP contribution in [0.3, 0.4) is 0 Å². The molecule has 2 N–H and O–H groups in total. The summed E-state index contributed by atoms with van der Waals surface area (Å²) < 4.78 is 0.661. The van der Waals surface area contributed by atoms with Crippen molar-refractivity contribution in [3.05, 3.63) is 46.2 Å². The molecule has 0 unspecified atom stereocenters. The number of carboxylic acid groups (broad SMARTS) is 1. The third kappa shape index (κ3) is 1.47. The van der Waals surface area contributed by atoms with Gasteiger partial charge in [-0.15, -0.1) is 0 Å². The zero-order valence-electron chi connectivity index (χ0n) is 8.25. The maximum absolute atomic E-state index is 11.5. The first kappa shape index (κ1) is 10.4. The maximum Gasteiger partial charge on any atom is 0.419 e. The van der Waals surface area contributed by atoms with E-state index in [1.807, 2.05) is 0 Å². The third-order valence-corrected chi connectivity index (χ3v) is 2.37. The zero-order chi connectivity index (χ0) is 11.7. The van der Waals surface area contributed by atoms with Gasteiger partial charge in [-0.25, -0.2) is 9.36 Å². The Kier molecular flexibility index (Phi) is 2.46. The Hall–Kier alpha value is -2.14. The fourth-order valence-corrected chi connectivity index (χ4v) is 1.68. The molecule has 1 aromatic heterocycles. The molecular weight excluding hydrogens is 210 g/mol. The predicted octanol–water partition coefficient (Wildman–Crippen LogP) is 1.02. The van der Waals surface area contributed by atoms with E-state index in [-0.39, 0.29) is 12.1 Å². The van der Waals surface area contributed by atoms with E-state index in [0.29, 0.717) is 15.5 Å². The van der Waals surface area contributed by atoms with E-state index >= 15 is 0 Å². The largest absolute Gasteiger partial charge is 0.464 e. The molecule has 2 aromatic rings. The van der Waals surface area contributed by atoms with Crippen molar-refractivity contribution in [2.75, 3.05) is 0 Å². The summed E-state index contributed by atoms with van der Waals surface area (Å²) >= 11 is 0. The molecule has 0 radical (unpaired) electrons. The molecular formula is C11H9NO4. The molecule has 0 fully saturated rings. The van der Waals surface area contributed by atoms with Gasteiger partial charge in [0.2, 0.25) is 0 Å². The number of hydrogen-bond donors (Lipinski definition) is 2. The van der Waals surface area contributed by atoms with Gasteiger partial charge in [0.05, 0.1) is 12.1 Å². The third-order valence-electron chi connectivity index (χ3n) is 2.37. The summed E-state index contributed by atoms with van der Waals surface area (Å²) in [4.78, 5) is 22.5. The zero-order valence-corrected chi connectivity index (χ0v) is 8.25. The van der Waals surface area contributed by atoms with Gasteiger partial charge in [-0.05, 0) is 11.6 Å². The van der Waals surface area contributed by atoms with Crippen LogP contribution in [0.1, 0.15) is 5.56 Å². The summed E-state index contributed by atoms with van der Waals surface area (Å²) in [5.41, 5.74) is 0.0555. The van der Waals surface area contributed by atoms with Crippen LogP contribution < -0.4 is 5.56 Å². The van der Waals surface area contributed by atoms with Gasteiger partial charge in [0.1, 0.15) is 0 Å². The summed E-state index contributed by atoms with van der Waals surface area (Å²) in [6, 6.07) is 7.70. The first-order chi connectivity index (χ1) is 7.65. The standard InChI is InChI=1S/C11H9NO4/c13-6-7-5-10(14)12(11(15)16)9-4-2-1-3-8(7)9/h1-5,13H,6H2,(H,15,16). The topological polar surface area (TPSA) is 79.5 Å². The molecule has 0 atom stereocenters. The van der Waals surface area contributed by atoms with Crippen LogP contribution in [0.4, 0.5) is 4.79 Å². The average Bonchev–Trinajstić information content (AvgIpc) is 2.27. The first-order valence-corrected chi connectivity index (χ1v) is 4.63. The Bertz CT molecular complexity index is 615. The lowest BCUT2D eigenvalue weighted by Crippen LogP contribution is -2.26. The Morgan fingerprint density at radius 3 is 2.62 bits per heavy atom. The molecule has 16 heavy (non-hydrogen) atoms. The second kappa shape index (κ2) is 3.79. The first-order valence-electron chi connectivity index (χ1n) is 4.63. The van der Waals surface area contributed by atoms with Crippen LogP contribution in [0.15, 0.2) is 35.1 Å². The molecule has 5 heteroatoms. The van der Waals surface area contributed by atoms with E-state index in [1.165, 1.54) is 6.07 Å². The minimum atomic E-state index is -1.33. The number of nitrogens with zero attached hydrogens (tertiary/aromatic N) is 1. The van der Waals surface area contributed by atoms with Crippen molar-refractivity contribution in [3.8, 4) is 0 Å². The highest BCUT2D eigenvalue weighted by Crippen LogP contribution is 2.16. The number of hydrogen-bond acceptors (Lipinski definition) is 3. The van der Waals surface area contributed by atoms with Gasteiger partial charge in [-0.2, -0.15) is 0 Å². The Balaban J connectivity index is 2.98. The minimum Gasteiger partial charge on any atom is -0.464 e. The van der Waals surface area contributed by atoms with Gasteiger partial charge in [0.25, 0.3) is 5.56 Å². The van der Waals surface area contributed by atoms with Crippen molar-refractivity contribution in [1.82, 2.24) is 4.57 Å². The van der Waals surface area contributed by atoms with Crippen LogP contribution in [-0.2, 0) is 6.61 Å². The summed E-state index contributed by atoms with van der Waals surface area (Å²) in [5, 5.41) is 18.6. The number of aliphatic hydroxyl groups is 1. The van der Waals surface area contributed by atoms with E-state index in [4.69, 9.17) is 10.2 Å². The average molecular weight is 219 g/mol. The van der Waals surface area contributed by atoms with Crippen LogP contribution in [-0.4, -0.2) is 20.9 Å². The fourth-order valence-electron chi connectivity index (χ4n) is 1.68. The number of carbonyl (C=O) groups is 1. The van der Waals surface area contributed by atoms with E-state index < -0.39 is 11.7 Å². The lowest BCUT2D eigenvalue weighted by Gasteiger charge is -2.07. The minimum absolute atomic E-state index is 0.284. The summed E-state index contributed by atoms with van der Waals surface area (Å²) in [6.07, 6.45) is -1.33. The van der Waals surface area contributed by atoms with Gasteiger partial charge in [0.15, 0.2) is 0 Å². The van der Waals surface area contributed by atoms with Gasteiger partial charge < -0.3 is 10.2 Å². The van der Waals surface area contributed by atoms with Crippen LogP contribution in [0, 0.1) is 0 Å². The van der Waals surface area contributed by atoms with Gasteiger partial charge in [-0.1, -0.05) is 18.2 Å². The van der Waals surface area contributed by atoms with Crippen molar-refractivity contribution < 1.29 is 15.0 Å². The number of benzene rings is 1. The van der Waals surface area contributed by atoms with E-state index in [9.17, 15) is 9.59 Å². The van der Waals surface area contributed by atoms with Crippen LogP contribution in [0.25, 0.3) is 10.9 Å². The highest BCUT2D eigenvalue weighted by molar-refractivity contribution is 5.89. The molecule has 2 rings (SSSR count). The number of para-hydroxylation sites is 1. The monoisotopic (exact) mass is 219 g/mol. The van der Waals surface area contributed by atoms with Gasteiger partial charge in [0, 0.05) is 11.5 Å². The van der Waals surface area contributed by atoms with Crippen molar-refractivity contribution >= 4 is 17.0 Å². The lowest BCUT2D eigenvalue weighted by molar-refractivity contribution is 0.196. The number of fused-ring (bicyclic) bond motifs is 1. The van der Waals surface area contributed by atoms with E-state index in [0.717, 1.165) is 6.07 Å². The summed E-state index contributed by atoms with van der Waals surface area (Å²) in [7, 11) is 0. The second-order valence-electron chi connectivity index (χ2n) is 3.30. The van der Waals surface area contributed by atoms with Crippen LogP contribution >= 0.6 is 0 Å². The molecule has 0 aliphatic rings. The normalized spacial score (nSPS) is 10.6. The lowest BCUT2D eigenvalue weighted by atomic mass is 10.1. The highest BCUT2D eigenvalue weighted by atomic mass is 16.4. The maximum atomic E-state index is 11.5. The molecule has 0 saturated heterocycles. The molecule has 0 aliphatic carbocycles. The predicted molar refractivity (Wildman–Crippen MR) is 57.6 cm³/mol. The Morgan fingerprint density at radius 2 is 2.00 bits per heavy atom. The van der Waals surface area contributed by atoms with Crippen LogP contribution in [0.5, 0.6) is 0 Å². The molecule has 1 aromatic carbocycles. The van der Waals surface area contributed by atoms with Crippen molar-refractivity contribution in [2.45, 2.75) is 6.61 Å². The molecule has 0 amide bonds. The van der Waals surface area contributed by atoms with E-state index in [1.54, 1.807) is 18.2 Å². The van der Waals surface area contributed by atoms with Crippen molar-refractivity contribution in [2.24, 2.45) is 0 Å². The second-order valence-corrected chi connectivity index (χ2v) is 3.30. The molecule has 0 spiro atoms. The SMILES string of the molecule is O=C(O)n1c(=O)cc(CO)c2ccccc21. The fraction of sp³-hybridized carbons (Fsp3) is 0.0909. The molecule has 0 saturated carbocycles. The molecule has 5 nitrogen and oxygen atoms in total. The van der Waals surface area contributed by atoms with Gasteiger partial charge in [-0.3, -0.25) is 4.79 Å². The molecule has 82 valence electrons. The number of aliphatic hydroxyl groups excluding tert-OH is 1. The Morgan fingerprint density at radius 1 is 1.31 bits per heavy atom.